The molecule has 112 valence electrons. The molecule has 0 aliphatic carbocycles. The summed E-state index contributed by atoms with van der Waals surface area (Å²) in [6.45, 7) is 7.38. The lowest BCUT2D eigenvalue weighted by Crippen LogP contribution is -2.23. The van der Waals surface area contributed by atoms with Crippen LogP contribution in [-0.2, 0) is 4.79 Å². The minimum Gasteiger partial charge on any atom is -0.494 e. The number of ether oxygens (including phenoxy) is 1. The quantitative estimate of drug-likeness (QED) is 0.768. The second-order valence-corrected chi connectivity index (χ2v) is 5.44. The van der Waals surface area contributed by atoms with Gasteiger partial charge in [0.25, 0.3) is 0 Å². The number of hydrogen-bond acceptors (Lipinski definition) is 3. The van der Waals surface area contributed by atoms with E-state index in [1.807, 2.05) is 31.2 Å². The van der Waals surface area contributed by atoms with E-state index in [9.17, 15) is 4.79 Å². The van der Waals surface area contributed by atoms with Crippen molar-refractivity contribution in [3.8, 4) is 5.75 Å². The van der Waals surface area contributed by atoms with Crippen LogP contribution in [0.5, 0.6) is 5.75 Å². The van der Waals surface area contributed by atoms with E-state index in [2.05, 4.69) is 19.2 Å². The lowest BCUT2D eigenvalue weighted by atomic mass is 9.94. The van der Waals surface area contributed by atoms with Gasteiger partial charge in [-0.05, 0) is 43.9 Å². The molecule has 1 amide bonds. The van der Waals surface area contributed by atoms with Crippen LogP contribution in [0, 0.1) is 11.8 Å². The first-order chi connectivity index (χ1) is 9.55. The van der Waals surface area contributed by atoms with Crippen molar-refractivity contribution in [3.05, 3.63) is 24.3 Å². The number of nitrogens with two attached hydrogens (primary N) is 1. The van der Waals surface area contributed by atoms with Crippen molar-refractivity contribution in [2.75, 3.05) is 18.5 Å². The van der Waals surface area contributed by atoms with Gasteiger partial charge in [0.2, 0.25) is 5.91 Å². The average molecular weight is 278 g/mol. The molecule has 0 saturated carbocycles. The number of benzene rings is 1. The molecule has 1 aromatic rings. The molecule has 20 heavy (non-hydrogen) atoms. The van der Waals surface area contributed by atoms with E-state index < -0.39 is 0 Å². The number of nitrogens with one attached hydrogen (secondary N) is 1. The van der Waals surface area contributed by atoms with Crippen molar-refractivity contribution in [1.82, 2.24) is 0 Å². The summed E-state index contributed by atoms with van der Waals surface area (Å²) in [5, 5.41) is 2.90. The second-order valence-electron chi connectivity index (χ2n) is 5.44. The van der Waals surface area contributed by atoms with Gasteiger partial charge in [-0.3, -0.25) is 4.79 Å². The molecule has 0 fully saturated rings. The van der Waals surface area contributed by atoms with Crippen molar-refractivity contribution in [2.45, 2.75) is 33.6 Å². The summed E-state index contributed by atoms with van der Waals surface area (Å²) in [7, 11) is 0. The Morgan fingerprint density at radius 3 is 2.75 bits per heavy atom. The zero-order valence-electron chi connectivity index (χ0n) is 12.7. The molecule has 0 spiro atoms. The van der Waals surface area contributed by atoms with Gasteiger partial charge >= 0.3 is 0 Å². The molecule has 1 unspecified atom stereocenters. The minimum atomic E-state index is 0.00903. The first-order valence-corrected chi connectivity index (χ1v) is 7.27. The molecule has 1 aromatic carbocycles. The maximum atomic E-state index is 12.0. The Morgan fingerprint density at radius 2 is 2.15 bits per heavy atom. The van der Waals surface area contributed by atoms with Crippen molar-refractivity contribution in [2.24, 2.45) is 17.6 Å². The Kier molecular flexibility index (Phi) is 7.09. The highest BCUT2D eigenvalue weighted by Crippen LogP contribution is 2.19. The van der Waals surface area contributed by atoms with Crippen LogP contribution in [0.3, 0.4) is 0 Å². The number of hydrogen-bond donors (Lipinski definition) is 2. The molecule has 0 aliphatic heterocycles. The van der Waals surface area contributed by atoms with Gasteiger partial charge < -0.3 is 15.8 Å². The molecule has 0 saturated heterocycles. The van der Waals surface area contributed by atoms with Crippen LogP contribution in [0.2, 0.25) is 0 Å². The summed E-state index contributed by atoms with van der Waals surface area (Å²) in [5.74, 6) is 1.57. The van der Waals surface area contributed by atoms with Crippen molar-refractivity contribution in [3.63, 3.8) is 0 Å². The molecule has 0 aromatic heterocycles. The molecule has 0 bridgehead atoms. The normalized spacial score (nSPS) is 12.2. The first kappa shape index (κ1) is 16.5. The topological polar surface area (TPSA) is 64.3 Å². The maximum absolute atomic E-state index is 12.0. The summed E-state index contributed by atoms with van der Waals surface area (Å²) in [4.78, 5) is 12.0. The van der Waals surface area contributed by atoms with Gasteiger partial charge in [-0.1, -0.05) is 19.9 Å². The number of amides is 1. The third kappa shape index (κ3) is 6.06. The number of anilines is 1. The molecule has 4 heteroatoms. The van der Waals surface area contributed by atoms with Gasteiger partial charge in [0.1, 0.15) is 5.75 Å². The van der Waals surface area contributed by atoms with Crippen molar-refractivity contribution in [1.29, 1.82) is 0 Å². The zero-order chi connectivity index (χ0) is 15.0. The van der Waals surface area contributed by atoms with E-state index in [0.29, 0.717) is 25.5 Å². The van der Waals surface area contributed by atoms with E-state index in [0.717, 1.165) is 17.9 Å². The highest BCUT2D eigenvalue weighted by atomic mass is 16.5. The SMILES string of the molecule is CCOc1cccc(NC(=O)CC(CN)CC(C)C)c1. The van der Waals surface area contributed by atoms with Crippen LogP contribution < -0.4 is 15.8 Å². The molecule has 1 atom stereocenters. The molecular formula is C16H26N2O2. The Balaban J connectivity index is 2.54. The Bertz CT molecular complexity index is 419. The molecule has 0 aliphatic rings. The van der Waals surface area contributed by atoms with Gasteiger partial charge in [-0.25, -0.2) is 0 Å². The van der Waals surface area contributed by atoms with Crippen molar-refractivity contribution >= 4 is 11.6 Å². The van der Waals surface area contributed by atoms with Crippen LogP contribution in [-0.4, -0.2) is 19.1 Å². The standard InChI is InChI=1S/C16H26N2O2/c1-4-20-15-7-5-6-14(10-15)18-16(19)9-13(11-17)8-12(2)3/h5-7,10,12-13H,4,8-9,11,17H2,1-3H3,(H,18,19). The van der Waals surface area contributed by atoms with E-state index in [1.165, 1.54) is 0 Å². The van der Waals surface area contributed by atoms with E-state index >= 15 is 0 Å². The van der Waals surface area contributed by atoms with Gasteiger partial charge in [0.15, 0.2) is 0 Å². The molecular weight excluding hydrogens is 252 g/mol. The fourth-order valence-electron chi connectivity index (χ4n) is 2.23. The predicted octanol–water partition coefficient (Wildman–Crippen LogP) is 3.03. The molecule has 0 heterocycles. The summed E-state index contributed by atoms with van der Waals surface area (Å²) in [6.07, 6.45) is 1.44. The third-order valence-electron chi connectivity index (χ3n) is 3.04. The highest BCUT2D eigenvalue weighted by Gasteiger charge is 2.14. The maximum Gasteiger partial charge on any atom is 0.224 e. The van der Waals surface area contributed by atoms with Crippen LogP contribution >= 0.6 is 0 Å². The third-order valence-corrected chi connectivity index (χ3v) is 3.04. The lowest BCUT2D eigenvalue weighted by molar-refractivity contribution is -0.117. The van der Waals surface area contributed by atoms with Crippen LogP contribution in [0.25, 0.3) is 0 Å². The number of carbonyl (C=O) groups excluding carboxylic acids is 1. The fraction of sp³-hybridized carbons (Fsp3) is 0.562. The fourth-order valence-corrected chi connectivity index (χ4v) is 2.23. The average Bonchev–Trinajstić information content (AvgIpc) is 2.38. The second kappa shape index (κ2) is 8.59. The van der Waals surface area contributed by atoms with E-state index in [1.54, 1.807) is 0 Å². The monoisotopic (exact) mass is 278 g/mol. The predicted molar refractivity (Wildman–Crippen MR) is 82.9 cm³/mol. The van der Waals surface area contributed by atoms with Gasteiger partial charge in [0.05, 0.1) is 6.61 Å². The molecule has 3 N–H and O–H groups in total. The van der Waals surface area contributed by atoms with Gasteiger partial charge in [-0.15, -0.1) is 0 Å². The van der Waals surface area contributed by atoms with Crippen molar-refractivity contribution < 1.29 is 9.53 Å². The molecule has 1 rings (SSSR count). The van der Waals surface area contributed by atoms with Crippen LogP contribution in [0.4, 0.5) is 5.69 Å². The Labute approximate surface area is 121 Å². The van der Waals surface area contributed by atoms with E-state index in [4.69, 9.17) is 10.5 Å². The largest absolute Gasteiger partial charge is 0.494 e. The Morgan fingerprint density at radius 1 is 1.40 bits per heavy atom. The summed E-state index contributed by atoms with van der Waals surface area (Å²) in [5.41, 5.74) is 6.49. The number of carbonyl (C=O) groups is 1. The van der Waals surface area contributed by atoms with E-state index in [-0.39, 0.29) is 11.8 Å². The zero-order valence-corrected chi connectivity index (χ0v) is 12.7. The van der Waals surface area contributed by atoms with Gasteiger partial charge in [0, 0.05) is 18.2 Å². The number of rotatable bonds is 8. The molecule has 4 nitrogen and oxygen atoms in total. The summed E-state index contributed by atoms with van der Waals surface area (Å²) in [6, 6.07) is 7.44. The summed E-state index contributed by atoms with van der Waals surface area (Å²) >= 11 is 0. The van der Waals surface area contributed by atoms with Gasteiger partial charge in [-0.2, -0.15) is 0 Å². The van der Waals surface area contributed by atoms with Crippen LogP contribution in [0.1, 0.15) is 33.6 Å². The summed E-state index contributed by atoms with van der Waals surface area (Å²) < 4.78 is 5.41. The smallest absolute Gasteiger partial charge is 0.224 e. The molecule has 0 radical (unpaired) electrons. The Hall–Kier alpha value is -1.55. The van der Waals surface area contributed by atoms with Crippen LogP contribution in [0.15, 0.2) is 24.3 Å². The first-order valence-electron chi connectivity index (χ1n) is 7.27. The minimum absolute atomic E-state index is 0.00903. The lowest BCUT2D eigenvalue weighted by Gasteiger charge is -2.16. The highest BCUT2D eigenvalue weighted by molar-refractivity contribution is 5.91.